The molecule has 2 aromatic rings. The third-order valence-corrected chi connectivity index (χ3v) is 4.04. The second-order valence-electron chi connectivity index (χ2n) is 5.46. The molecule has 0 radical (unpaired) electrons. The molecule has 0 aliphatic rings. The lowest BCUT2D eigenvalue weighted by Crippen LogP contribution is -2.30. The first-order chi connectivity index (χ1) is 13.0. The molecule has 0 bridgehead atoms. The van der Waals surface area contributed by atoms with Crippen LogP contribution in [0.25, 0.3) is 0 Å². The number of methoxy groups -OCH3 is 3. The fourth-order valence-corrected chi connectivity index (χ4v) is 2.64. The standard InChI is InChI=1S/C18H21N3O5S/c1-24-15-7-5-13(21(22)23)11-14(15)20-18(27)19-9-8-12-4-6-16(25-2)17(10-12)26-3/h4-7,10-11H,8-9H2,1-3H3,(H2,19,20,27). The quantitative estimate of drug-likeness (QED) is 0.403. The first-order valence-corrected chi connectivity index (χ1v) is 8.47. The second kappa shape index (κ2) is 9.58. The molecule has 8 nitrogen and oxygen atoms in total. The zero-order valence-electron chi connectivity index (χ0n) is 15.3. The third kappa shape index (κ3) is 5.45. The molecule has 2 rings (SSSR count). The van der Waals surface area contributed by atoms with Gasteiger partial charge in [0.1, 0.15) is 5.75 Å². The molecule has 0 unspecified atom stereocenters. The Hall–Kier alpha value is -3.07. The normalized spacial score (nSPS) is 10.0. The molecule has 9 heteroatoms. The molecule has 0 aromatic heterocycles. The van der Waals surface area contributed by atoms with Gasteiger partial charge in [-0.2, -0.15) is 0 Å². The molecule has 2 N–H and O–H groups in total. The van der Waals surface area contributed by atoms with Gasteiger partial charge in [-0.3, -0.25) is 10.1 Å². The van der Waals surface area contributed by atoms with Crippen molar-refractivity contribution in [1.29, 1.82) is 0 Å². The highest BCUT2D eigenvalue weighted by Gasteiger charge is 2.12. The van der Waals surface area contributed by atoms with Crippen LogP contribution in [0.2, 0.25) is 0 Å². The summed E-state index contributed by atoms with van der Waals surface area (Å²) in [5.74, 6) is 1.80. The molecule has 0 saturated heterocycles. The van der Waals surface area contributed by atoms with E-state index >= 15 is 0 Å². The molecular weight excluding hydrogens is 370 g/mol. The predicted molar refractivity (Wildman–Crippen MR) is 107 cm³/mol. The van der Waals surface area contributed by atoms with Crippen molar-refractivity contribution in [1.82, 2.24) is 5.32 Å². The van der Waals surface area contributed by atoms with Crippen molar-refractivity contribution >= 4 is 28.7 Å². The number of nitro groups is 1. The highest BCUT2D eigenvalue weighted by Crippen LogP contribution is 2.29. The van der Waals surface area contributed by atoms with Gasteiger partial charge in [-0.15, -0.1) is 0 Å². The molecule has 0 heterocycles. The van der Waals surface area contributed by atoms with Crippen LogP contribution in [0, 0.1) is 10.1 Å². The third-order valence-electron chi connectivity index (χ3n) is 3.79. The SMILES string of the molecule is COc1ccc([N+](=O)[O-])cc1NC(=S)NCCc1ccc(OC)c(OC)c1. The fourth-order valence-electron chi connectivity index (χ4n) is 2.43. The van der Waals surface area contributed by atoms with Gasteiger partial charge in [0.05, 0.1) is 31.9 Å². The van der Waals surface area contributed by atoms with Crippen molar-refractivity contribution in [2.24, 2.45) is 0 Å². The number of nitrogens with zero attached hydrogens (tertiary/aromatic N) is 1. The molecule has 0 fully saturated rings. The van der Waals surface area contributed by atoms with E-state index in [2.05, 4.69) is 10.6 Å². The Labute approximate surface area is 162 Å². The Morgan fingerprint density at radius 3 is 2.33 bits per heavy atom. The first-order valence-electron chi connectivity index (χ1n) is 8.06. The van der Waals surface area contributed by atoms with E-state index in [1.54, 1.807) is 14.2 Å². The van der Waals surface area contributed by atoms with Crippen LogP contribution in [0.4, 0.5) is 11.4 Å². The smallest absolute Gasteiger partial charge is 0.271 e. The number of ether oxygens (including phenoxy) is 3. The number of nitro benzene ring substituents is 1. The van der Waals surface area contributed by atoms with Gasteiger partial charge in [-0.05, 0) is 42.4 Å². The van der Waals surface area contributed by atoms with Crippen LogP contribution in [-0.4, -0.2) is 37.9 Å². The van der Waals surface area contributed by atoms with Crippen molar-refractivity contribution in [2.75, 3.05) is 33.2 Å². The lowest BCUT2D eigenvalue weighted by atomic mass is 10.1. The number of thiocarbonyl (C=S) groups is 1. The topological polar surface area (TPSA) is 94.9 Å². The zero-order chi connectivity index (χ0) is 19.8. The molecule has 144 valence electrons. The summed E-state index contributed by atoms with van der Waals surface area (Å²) in [7, 11) is 4.66. The molecule has 27 heavy (non-hydrogen) atoms. The van der Waals surface area contributed by atoms with Gasteiger partial charge in [-0.25, -0.2) is 0 Å². The Balaban J connectivity index is 1.95. The largest absolute Gasteiger partial charge is 0.495 e. The monoisotopic (exact) mass is 391 g/mol. The number of rotatable bonds is 8. The van der Waals surface area contributed by atoms with Crippen molar-refractivity contribution in [2.45, 2.75) is 6.42 Å². The summed E-state index contributed by atoms with van der Waals surface area (Å²) in [4.78, 5) is 10.5. The maximum absolute atomic E-state index is 10.9. The highest BCUT2D eigenvalue weighted by atomic mass is 32.1. The van der Waals surface area contributed by atoms with Crippen molar-refractivity contribution in [3.05, 3.63) is 52.1 Å². The Morgan fingerprint density at radius 2 is 1.70 bits per heavy atom. The van der Waals surface area contributed by atoms with Crippen molar-refractivity contribution in [3.8, 4) is 17.2 Å². The van der Waals surface area contributed by atoms with E-state index in [4.69, 9.17) is 26.4 Å². The Morgan fingerprint density at radius 1 is 1.04 bits per heavy atom. The minimum Gasteiger partial charge on any atom is -0.495 e. The van der Waals surface area contributed by atoms with E-state index in [0.717, 1.165) is 5.56 Å². The number of benzene rings is 2. The highest BCUT2D eigenvalue weighted by molar-refractivity contribution is 7.80. The van der Waals surface area contributed by atoms with E-state index in [0.29, 0.717) is 41.0 Å². The number of hydrogen-bond acceptors (Lipinski definition) is 6. The van der Waals surface area contributed by atoms with E-state index in [9.17, 15) is 10.1 Å². The van der Waals surface area contributed by atoms with Crippen molar-refractivity contribution < 1.29 is 19.1 Å². The van der Waals surface area contributed by atoms with E-state index in [1.165, 1.54) is 25.3 Å². The fraction of sp³-hybridized carbons (Fsp3) is 0.278. The Kier molecular flexibility index (Phi) is 7.18. The van der Waals surface area contributed by atoms with Crippen molar-refractivity contribution in [3.63, 3.8) is 0 Å². The van der Waals surface area contributed by atoms with E-state index in [1.807, 2.05) is 18.2 Å². The van der Waals surface area contributed by atoms with Crippen LogP contribution < -0.4 is 24.8 Å². The Bertz CT molecular complexity index is 829. The van der Waals surface area contributed by atoms with Gasteiger partial charge < -0.3 is 24.8 Å². The molecule has 0 spiro atoms. The summed E-state index contributed by atoms with van der Waals surface area (Å²) in [6.45, 7) is 0.568. The van der Waals surface area contributed by atoms with Gasteiger partial charge in [0.15, 0.2) is 16.6 Å². The molecule has 0 amide bonds. The van der Waals surface area contributed by atoms with Gasteiger partial charge in [0, 0.05) is 18.7 Å². The minimum atomic E-state index is -0.474. The van der Waals surface area contributed by atoms with Crippen LogP contribution in [-0.2, 0) is 6.42 Å². The second-order valence-corrected chi connectivity index (χ2v) is 5.87. The molecule has 0 atom stereocenters. The number of non-ortho nitro benzene ring substituents is 1. The van der Waals surface area contributed by atoms with Crippen LogP contribution in [0.1, 0.15) is 5.56 Å². The van der Waals surface area contributed by atoms with E-state index < -0.39 is 4.92 Å². The number of nitrogens with one attached hydrogen (secondary N) is 2. The van der Waals surface area contributed by atoms with Crippen LogP contribution in [0.5, 0.6) is 17.2 Å². The molecule has 0 saturated carbocycles. The number of anilines is 1. The maximum Gasteiger partial charge on any atom is 0.271 e. The minimum absolute atomic E-state index is 0.0496. The van der Waals surface area contributed by atoms with Gasteiger partial charge in [0.2, 0.25) is 0 Å². The predicted octanol–water partition coefficient (Wildman–Crippen LogP) is 3.15. The first kappa shape index (κ1) is 20.2. The molecule has 0 aliphatic carbocycles. The van der Waals surface area contributed by atoms with Crippen LogP contribution >= 0.6 is 12.2 Å². The van der Waals surface area contributed by atoms with Gasteiger partial charge in [0.25, 0.3) is 5.69 Å². The van der Waals surface area contributed by atoms with E-state index in [-0.39, 0.29) is 5.69 Å². The summed E-state index contributed by atoms with van der Waals surface area (Å²) in [6.07, 6.45) is 0.703. The van der Waals surface area contributed by atoms with Gasteiger partial charge in [-0.1, -0.05) is 6.07 Å². The maximum atomic E-state index is 10.9. The summed E-state index contributed by atoms with van der Waals surface area (Å²) < 4.78 is 15.7. The summed E-state index contributed by atoms with van der Waals surface area (Å²) in [6, 6.07) is 9.97. The lowest BCUT2D eigenvalue weighted by molar-refractivity contribution is -0.384. The number of hydrogen-bond donors (Lipinski definition) is 2. The molecular formula is C18H21N3O5S. The zero-order valence-corrected chi connectivity index (χ0v) is 16.1. The average Bonchev–Trinajstić information content (AvgIpc) is 2.67. The van der Waals surface area contributed by atoms with Gasteiger partial charge >= 0.3 is 0 Å². The summed E-state index contributed by atoms with van der Waals surface area (Å²) in [5.41, 5.74) is 1.43. The lowest BCUT2D eigenvalue weighted by Gasteiger charge is -2.14. The molecule has 0 aliphatic heterocycles. The summed E-state index contributed by atoms with van der Waals surface area (Å²) in [5, 5.41) is 17.3. The summed E-state index contributed by atoms with van der Waals surface area (Å²) >= 11 is 5.26. The average molecular weight is 391 g/mol. The van der Waals surface area contributed by atoms with Crippen LogP contribution in [0.3, 0.4) is 0 Å². The van der Waals surface area contributed by atoms with Crippen LogP contribution in [0.15, 0.2) is 36.4 Å². The molecule has 2 aromatic carbocycles.